The first kappa shape index (κ1) is 11.4. The van der Waals surface area contributed by atoms with E-state index in [0.717, 1.165) is 5.57 Å². The van der Waals surface area contributed by atoms with Gasteiger partial charge in [-0.1, -0.05) is 32.9 Å². The monoisotopic (exact) mass is 212 g/mol. The highest BCUT2D eigenvalue weighted by Gasteiger charge is 2.10. The fourth-order valence-corrected chi connectivity index (χ4v) is 1.77. The van der Waals surface area contributed by atoms with Crippen molar-refractivity contribution in [1.82, 2.24) is 0 Å². The third kappa shape index (κ3) is 2.93. The molecule has 0 saturated heterocycles. The molecule has 0 aromatic carbocycles. The fourth-order valence-electron chi connectivity index (χ4n) is 1.33. The summed E-state index contributed by atoms with van der Waals surface area (Å²) in [5.41, 5.74) is 1.12. The SMILES string of the molecule is CC1C=CC(S(=O)O)=CC(C(C)C)=C1. The van der Waals surface area contributed by atoms with E-state index < -0.39 is 11.1 Å². The summed E-state index contributed by atoms with van der Waals surface area (Å²) < 4.78 is 20.0. The van der Waals surface area contributed by atoms with Crippen molar-refractivity contribution in [3.63, 3.8) is 0 Å². The van der Waals surface area contributed by atoms with Gasteiger partial charge in [0.1, 0.15) is 0 Å². The molecule has 14 heavy (non-hydrogen) atoms. The second kappa shape index (κ2) is 4.71. The third-order valence-corrected chi connectivity index (χ3v) is 2.85. The Morgan fingerprint density at radius 1 is 1.50 bits per heavy atom. The van der Waals surface area contributed by atoms with Gasteiger partial charge in [0.25, 0.3) is 0 Å². The number of hydrogen-bond acceptors (Lipinski definition) is 1. The highest BCUT2D eigenvalue weighted by atomic mass is 32.2. The molecule has 0 saturated carbocycles. The zero-order chi connectivity index (χ0) is 10.7. The minimum absolute atomic E-state index is 0.324. The van der Waals surface area contributed by atoms with Crippen LogP contribution in [0.1, 0.15) is 20.8 Å². The zero-order valence-corrected chi connectivity index (χ0v) is 9.54. The Balaban J connectivity index is 3.05. The smallest absolute Gasteiger partial charge is 0.186 e. The van der Waals surface area contributed by atoms with Gasteiger partial charge in [-0.15, -0.1) is 0 Å². The van der Waals surface area contributed by atoms with Gasteiger partial charge >= 0.3 is 0 Å². The van der Waals surface area contributed by atoms with E-state index >= 15 is 0 Å². The van der Waals surface area contributed by atoms with Crippen molar-refractivity contribution in [3.05, 3.63) is 34.8 Å². The van der Waals surface area contributed by atoms with E-state index in [9.17, 15) is 4.21 Å². The van der Waals surface area contributed by atoms with Crippen LogP contribution in [0.25, 0.3) is 0 Å². The lowest BCUT2D eigenvalue weighted by atomic mass is 9.99. The maximum absolute atomic E-state index is 10.9. The Hall–Kier alpha value is -0.670. The van der Waals surface area contributed by atoms with Crippen LogP contribution in [-0.2, 0) is 11.1 Å². The third-order valence-electron chi connectivity index (χ3n) is 2.20. The molecule has 0 heterocycles. The van der Waals surface area contributed by atoms with E-state index in [1.54, 1.807) is 12.2 Å². The molecule has 2 atom stereocenters. The van der Waals surface area contributed by atoms with Crippen molar-refractivity contribution in [2.75, 3.05) is 0 Å². The summed E-state index contributed by atoms with van der Waals surface area (Å²) in [6.45, 7) is 6.23. The van der Waals surface area contributed by atoms with Crippen LogP contribution in [-0.4, -0.2) is 8.76 Å². The molecule has 0 aromatic rings. The molecule has 1 aliphatic rings. The van der Waals surface area contributed by atoms with E-state index in [0.29, 0.717) is 16.7 Å². The van der Waals surface area contributed by atoms with Crippen molar-refractivity contribution in [2.45, 2.75) is 20.8 Å². The Morgan fingerprint density at radius 2 is 2.14 bits per heavy atom. The summed E-state index contributed by atoms with van der Waals surface area (Å²) in [6.07, 6.45) is 7.60. The number of allylic oxidation sites excluding steroid dienone is 5. The average molecular weight is 212 g/mol. The predicted octanol–water partition coefficient (Wildman–Crippen LogP) is 2.88. The summed E-state index contributed by atoms with van der Waals surface area (Å²) >= 11 is -1.88. The van der Waals surface area contributed by atoms with Gasteiger partial charge in [-0.3, -0.25) is 0 Å². The van der Waals surface area contributed by atoms with Crippen molar-refractivity contribution in [2.24, 2.45) is 11.8 Å². The maximum atomic E-state index is 10.9. The molecule has 1 aliphatic carbocycles. The van der Waals surface area contributed by atoms with Gasteiger partial charge in [-0.05, 0) is 29.6 Å². The molecule has 1 N–H and O–H groups in total. The standard InChI is InChI=1S/C11H16O2S/c1-8(2)10-6-9(3)4-5-11(7-10)14(12)13/h4-9H,1-3H3,(H,12,13). The maximum Gasteiger partial charge on any atom is 0.186 e. The van der Waals surface area contributed by atoms with Crippen LogP contribution in [0, 0.1) is 11.8 Å². The molecular formula is C11H16O2S. The highest BCUT2D eigenvalue weighted by Crippen LogP contribution is 2.21. The Morgan fingerprint density at radius 3 is 2.64 bits per heavy atom. The van der Waals surface area contributed by atoms with Crippen molar-refractivity contribution in [1.29, 1.82) is 0 Å². The van der Waals surface area contributed by atoms with E-state index in [4.69, 9.17) is 4.55 Å². The summed E-state index contributed by atoms with van der Waals surface area (Å²) in [7, 11) is 0. The molecule has 0 aromatic heterocycles. The summed E-state index contributed by atoms with van der Waals surface area (Å²) in [5.74, 6) is 0.709. The number of hydrogen-bond donors (Lipinski definition) is 1. The van der Waals surface area contributed by atoms with Gasteiger partial charge < -0.3 is 4.55 Å². The minimum atomic E-state index is -1.88. The van der Waals surface area contributed by atoms with Crippen LogP contribution in [0.4, 0.5) is 0 Å². The molecule has 0 fully saturated rings. The summed E-state index contributed by atoms with van der Waals surface area (Å²) in [4.78, 5) is 0.481. The quantitative estimate of drug-likeness (QED) is 0.715. The van der Waals surface area contributed by atoms with Crippen molar-refractivity contribution >= 4 is 11.1 Å². The van der Waals surface area contributed by atoms with Gasteiger partial charge in [0.15, 0.2) is 11.1 Å². The van der Waals surface area contributed by atoms with Crippen molar-refractivity contribution in [3.8, 4) is 0 Å². The molecule has 0 spiro atoms. The lowest BCUT2D eigenvalue weighted by molar-refractivity contribution is 0.572. The molecule has 3 heteroatoms. The Kier molecular flexibility index (Phi) is 3.84. The number of rotatable bonds is 2. The van der Waals surface area contributed by atoms with Gasteiger partial charge in [0.05, 0.1) is 4.91 Å². The molecule has 2 nitrogen and oxygen atoms in total. The lowest BCUT2D eigenvalue weighted by Crippen LogP contribution is -1.95. The second-order valence-corrected chi connectivity index (χ2v) is 4.81. The van der Waals surface area contributed by atoms with Gasteiger partial charge in [0.2, 0.25) is 0 Å². The van der Waals surface area contributed by atoms with Crippen LogP contribution in [0.5, 0.6) is 0 Å². The van der Waals surface area contributed by atoms with Gasteiger partial charge in [-0.25, -0.2) is 4.21 Å². The normalized spacial score (nSPS) is 24.2. The van der Waals surface area contributed by atoms with E-state index in [-0.39, 0.29) is 0 Å². The molecule has 0 aliphatic heterocycles. The molecule has 0 amide bonds. The second-order valence-electron chi connectivity index (χ2n) is 3.84. The molecule has 78 valence electrons. The Bertz CT molecular complexity index is 324. The first-order valence-electron chi connectivity index (χ1n) is 4.73. The van der Waals surface area contributed by atoms with Crippen LogP contribution < -0.4 is 0 Å². The fraction of sp³-hybridized carbons (Fsp3) is 0.455. The minimum Gasteiger partial charge on any atom is -0.302 e. The van der Waals surface area contributed by atoms with E-state index in [2.05, 4.69) is 26.8 Å². The van der Waals surface area contributed by atoms with Crippen LogP contribution in [0.3, 0.4) is 0 Å². The zero-order valence-electron chi connectivity index (χ0n) is 8.73. The highest BCUT2D eigenvalue weighted by molar-refractivity contribution is 7.83. The molecule has 1 rings (SSSR count). The summed E-state index contributed by atoms with van der Waals surface area (Å²) in [5, 5.41) is 0. The lowest BCUT2D eigenvalue weighted by Gasteiger charge is -2.07. The topological polar surface area (TPSA) is 37.3 Å². The first-order valence-corrected chi connectivity index (χ1v) is 5.84. The van der Waals surface area contributed by atoms with Crippen molar-refractivity contribution < 1.29 is 8.76 Å². The molecule has 0 radical (unpaired) electrons. The largest absolute Gasteiger partial charge is 0.302 e. The average Bonchev–Trinajstić information content (AvgIpc) is 2.26. The first-order chi connectivity index (χ1) is 6.50. The van der Waals surface area contributed by atoms with Gasteiger partial charge in [0, 0.05) is 0 Å². The molecular weight excluding hydrogens is 196 g/mol. The van der Waals surface area contributed by atoms with Crippen LogP contribution >= 0.6 is 0 Å². The summed E-state index contributed by atoms with van der Waals surface area (Å²) in [6, 6.07) is 0. The van der Waals surface area contributed by atoms with E-state index in [1.165, 1.54) is 0 Å². The van der Waals surface area contributed by atoms with Gasteiger partial charge in [-0.2, -0.15) is 0 Å². The molecule has 0 bridgehead atoms. The van der Waals surface area contributed by atoms with E-state index in [1.807, 2.05) is 6.08 Å². The van der Waals surface area contributed by atoms with Crippen LogP contribution in [0.2, 0.25) is 0 Å². The van der Waals surface area contributed by atoms with Crippen LogP contribution in [0.15, 0.2) is 34.8 Å². The Labute approximate surface area is 87.7 Å². The molecule has 2 unspecified atom stereocenters. The predicted molar refractivity (Wildman–Crippen MR) is 60.1 cm³/mol.